The SMILES string of the molecule is CCOc1ccccc1C(=O)NCCCC(=O)Nc1cccc2cccnc12. The van der Waals surface area contributed by atoms with Gasteiger partial charge < -0.3 is 15.4 Å². The predicted molar refractivity (Wildman–Crippen MR) is 110 cm³/mol. The van der Waals surface area contributed by atoms with E-state index in [-0.39, 0.29) is 11.8 Å². The lowest BCUT2D eigenvalue weighted by molar-refractivity contribution is -0.116. The van der Waals surface area contributed by atoms with Crippen LogP contribution in [0.2, 0.25) is 0 Å². The third-order valence-corrected chi connectivity index (χ3v) is 4.20. The summed E-state index contributed by atoms with van der Waals surface area (Å²) >= 11 is 0. The molecule has 0 aliphatic rings. The smallest absolute Gasteiger partial charge is 0.255 e. The van der Waals surface area contributed by atoms with Crippen molar-refractivity contribution in [3.63, 3.8) is 0 Å². The van der Waals surface area contributed by atoms with Crippen LogP contribution in [0.3, 0.4) is 0 Å². The third kappa shape index (κ3) is 4.85. The number of carbonyl (C=O) groups is 2. The standard InChI is InChI=1S/C22H23N3O3/c1-2-28-19-12-4-3-10-17(19)22(27)24-15-7-13-20(26)25-18-11-5-8-16-9-6-14-23-21(16)18/h3-6,8-12,14H,2,7,13,15H2,1H3,(H,24,27)(H,25,26). The van der Waals surface area contributed by atoms with Crippen LogP contribution in [-0.2, 0) is 4.79 Å². The van der Waals surface area contributed by atoms with Gasteiger partial charge in [0, 0.05) is 24.5 Å². The van der Waals surface area contributed by atoms with E-state index in [4.69, 9.17) is 4.74 Å². The Morgan fingerprint density at radius 1 is 1.04 bits per heavy atom. The van der Waals surface area contributed by atoms with Gasteiger partial charge >= 0.3 is 0 Å². The minimum Gasteiger partial charge on any atom is -0.493 e. The Labute approximate surface area is 163 Å². The molecule has 2 aromatic carbocycles. The number of ether oxygens (including phenoxy) is 1. The van der Waals surface area contributed by atoms with E-state index in [1.54, 1.807) is 24.4 Å². The van der Waals surface area contributed by atoms with Crippen molar-refractivity contribution < 1.29 is 14.3 Å². The number of amides is 2. The number of hydrogen-bond donors (Lipinski definition) is 2. The molecule has 1 heterocycles. The molecule has 0 saturated heterocycles. The van der Waals surface area contributed by atoms with Crippen LogP contribution in [0, 0.1) is 0 Å². The second-order valence-corrected chi connectivity index (χ2v) is 6.22. The van der Waals surface area contributed by atoms with E-state index in [1.807, 2.05) is 43.3 Å². The number of nitrogens with one attached hydrogen (secondary N) is 2. The Hall–Kier alpha value is -3.41. The number of para-hydroxylation sites is 2. The molecule has 0 aliphatic heterocycles. The Morgan fingerprint density at radius 2 is 1.86 bits per heavy atom. The Balaban J connectivity index is 1.49. The van der Waals surface area contributed by atoms with Crippen LogP contribution in [-0.4, -0.2) is 29.9 Å². The van der Waals surface area contributed by atoms with E-state index >= 15 is 0 Å². The number of nitrogens with zero attached hydrogens (tertiary/aromatic N) is 1. The quantitative estimate of drug-likeness (QED) is 0.586. The van der Waals surface area contributed by atoms with E-state index < -0.39 is 0 Å². The molecule has 28 heavy (non-hydrogen) atoms. The zero-order valence-electron chi connectivity index (χ0n) is 15.8. The summed E-state index contributed by atoms with van der Waals surface area (Å²) in [7, 11) is 0. The summed E-state index contributed by atoms with van der Waals surface area (Å²) < 4.78 is 5.47. The zero-order chi connectivity index (χ0) is 19.8. The third-order valence-electron chi connectivity index (χ3n) is 4.20. The number of fused-ring (bicyclic) bond motifs is 1. The number of aromatic nitrogens is 1. The molecular formula is C22H23N3O3. The summed E-state index contributed by atoms with van der Waals surface area (Å²) in [4.78, 5) is 28.9. The molecule has 6 nitrogen and oxygen atoms in total. The minimum atomic E-state index is -0.206. The molecule has 144 valence electrons. The monoisotopic (exact) mass is 377 g/mol. The van der Waals surface area contributed by atoms with E-state index in [9.17, 15) is 9.59 Å². The first kappa shape index (κ1) is 19.4. The van der Waals surface area contributed by atoms with Crippen LogP contribution >= 0.6 is 0 Å². The summed E-state index contributed by atoms with van der Waals surface area (Å²) in [6, 6.07) is 16.6. The zero-order valence-corrected chi connectivity index (χ0v) is 15.8. The van der Waals surface area contributed by atoms with Gasteiger partial charge in [-0.1, -0.05) is 30.3 Å². The predicted octanol–water partition coefficient (Wildman–Crippen LogP) is 3.78. The van der Waals surface area contributed by atoms with Gasteiger partial charge in [0.1, 0.15) is 5.75 Å². The molecule has 6 heteroatoms. The largest absolute Gasteiger partial charge is 0.493 e. The Kier molecular flexibility index (Phi) is 6.57. The van der Waals surface area contributed by atoms with Gasteiger partial charge in [0.25, 0.3) is 5.91 Å². The minimum absolute atomic E-state index is 0.109. The van der Waals surface area contributed by atoms with Crippen molar-refractivity contribution in [2.75, 3.05) is 18.5 Å². The number of benzene rings is 2. The summed E-state index contributed by atoms with van der Waals surface area (Å²) in [6.07, 6.45) is 2.54. The van der Waals surface area contributed by atoms with Crippen LogP contribution in [0.1, 0.15) is 30.1 Å². The summed E-state index contributed by atoms with van der Waals surface area (Å²) in [5, 5.41) is 6.70. The highest BCUT2D eigenvalue weighted by molar-refractivity contribution is 6.00. The van der Waals surface area contributed by atoms with Crippen LogP contribution in [0.25, 0.3) is 10.9 Å². The van der Waals surface area contributed by atoms with E-state index in [1.165, 1.54) is 0 Å². The van der Waals surface area contributed by atoms with Gasteiger partial charge in [-0.05, 0) is 37.6 Å². The molecule has 0 atom stereocenters. The molecule has 3 aromatic rings. The van der Waals surface area contributed by atoms with E-state index in [0.29, 0.717) is 43.0 Å². The van der Waals surface area contributed by atoms with Crippen molar-refractivity contribution in [2.24, 2.45) is 0 Å². The van der Waals surface area contributed by atoms with Gasteiger partial charge in [0.2, 0.25) is 5.91 Å². The van der Waals surface area contributed by atoms with Crippen LogP contribution in [0.4, 0.5) is 5.69 Å². The highest BCUT2D eigenvalue weighted by Crippen LogP contribution is 2.21. The molecule has 2 amide bonds. The maximum atomic E-state index is 12.3. The number of carbonyl (C=O) groups excluding carboxylic acids is 2. The number of hydrogen-bond acceptors (Lipinski definition) is 4. The Bertz CT molecular complexity index is 967. The molecule has 0 bridgehead atoms. The number of rotatable bonds is 8. The first-order valence-corrected chi connectivity index (χ1v) is 9.32. The molecule has 2 N–H and O–H groups in total. The molecule has 0 unspecified atom stereocenters. The Morgan fingerprint density at radius 3 is 2.71 bits per heavy atom. The van der Waals surface area contributed by atoms with Crippen molar-refractivity contribution in [1.82, 2.24) is 10.3 Å². The van der Waals surface area contributed by atoms with Gasteiger partial charge in [0.05, 0.1) is 23.4 Å². The van der Waals surface area contributed by atoms with Gasteiger partial charge in [0.15, 0.2) is 0 Å². The molecule has 0 aliphatic carbocycles. The first-order chi connectivity index (χ1) is 13.7. The van der Waals surface area contributed by atoms with Crippen molar-refractivity contribution in [1.29, 1.82) is 0 Å². The lowest BCUT2D eigenvalue weighted by Crippen LogP contribution is -2.26. The van der Waals surface area contributed by atoms with Crippen LogP contribution in [0.15, 0.2) is 60.8 Å². The first-order valence-electron chi connectivity index (χ1n) is 9.32. The fourth-order valence-electron chi connectivity index (χ4n) is 2.90. The molecule has 1 aromatic heterocycles. The van der Waals surface area contributed by atoms with Crippen molar-refractivity contribution in [3.05, 3.63) is 66.4 Å². The molecule has 0 radical (unpaired) electrons. The summed E-state index contributed by atoms with van der Waals surface area (Å²) in [6.45, 7) is 2.77. The molecule has 0 spiro atoms. The van der Waals surface area contributed by atoms with Gasteiger partial charge in [-0.3, -0.25) is 14.6 Å². The van der Waals surface area contributed by atoms with Crippen molar-refractivity contribution in [3.8, 4) is 5.75 Å². The van der Waals surface area contributed by atoms with Gasteiger partial charge in [-0.25, -0.2) is 0 Å². The number of pyridine rings is 1. The van der Waals surface area contributed by atoms with Crippen LogP contribution in [0.5, 0.6) is 5.75 Å². The van der Waals surface area contributed by atoms with Crippen molar-refractivity contribution >= 4 is 28.4 Å². The van der Waals surface area contributed by atoms with E-state index in [0.717, 1.165) is 10.9 Å². The fraction of sp³-hybridized carbons (Fsp3) is 0.227. The van der Waals surface area contributed by atoms with E-state index in [2.05, 4.69) is 15.6 Å². The maximum absolute atomic E-state index is 12.3. The summed E-state index contributed by atoms with van der Waals surface area (Å²) in [5.74, 6) is 0.244. The molecule has 3 rings (SSSR count). The normalized spacial score (nSPS) is 10.5. The lowest BCUT2D eigenvalue weighted by Gasteiger charge is -2.11. The lowest BCUT2D eigenvalue weighted by atomic mass is 10.1. The van der Waals surface area contributed by atoms with Crippen molar-refractivity contribution in [2.45, 2.75) is 19.8 Å². The molecular weight excluding hydrogens is 354 g/mol. The second-order valence-electron chi connectivity index (χ2n) is 6.22. The average molecular weight is 377 g/mol. The maximum Gasteiger partial charge on any atom is 0.255 e. The molecule has 0 fully saturated rings. The van der Waals surface area contributed by atoms with Gasteiger partial charge in [-0.15, -0.1) is 0 Å². The second kappa shape index (κ2) is 9.50. The summed E-state index contributed by atoms with van der Waals surface area (Å²) in [5.41, 5.74) is 1.95. The molecule has 0 saturated carbocycles. The van der Waals surface area contributed by atoms with Gasteiger partial charge in [-0.2, -0.15) is 0 Å². The average Bonchev–Trinajstić information content (AvgIpc) is 2.72. The highest BCUT2D eigenvalue weighted by atomic mass is 16.5. The number of anilines is 1. The van der Waals surface area contributed by atoms with Crippen LogP contribution < -0.4 is 15.4 Å². The topological polar surface area (TPSA) is 80.3 Å². The fourth-order valence-corrected chi connectivity index (χ4v) is 2.90. The highest BCUT2D eigenvalue weighted by Gasteiger charge is 2.12.